The molecule has 0 radical (unpaired) electrons. The van der Waals surface area contributed by atoms with Crippen molar-refractivity contribution in [3.8, 4) is 11.4 Å². The molecule has 9 heteroatoms. The summed E-state index contributed by atoms with van der Waals surface area (Å²) < 4.78 is 15.9. The van der Waals surface area contributed by atoms with Crippen molar-refractivity contribution in [2.45, 2.75) is 44.6 Å². The van der Waals surface area contributed by atoms with Crippen LogP contribution in [0.1, 0.15) is 24.4 Å². The number of thioether (sulfide) groups is 1. The first-order valence-corrected chi connectivity index (χ1v) is 10.2. The number of hydrogen-bond acceptors (Lipinski definition) is 6. The molecule has 0 unspecified atom stereocenters. The molecule has 0 fully saturated rings. The van der Waals surface area contributed by atoms with Crippen LogP contribution in [0.25, 0.3) is 11.4 Å². The molecule has 0 aliphatic carbocycles. The third kappa shape index (κ3) is 4.19. The Balaban J connectivity index is 1.77. The summed E-state index contributed by atoms with van der Waals surface area (Å²) in [6.07, 6.45) is 0. The van der Waals surface area contributed by atoms with Gasteiger partial charge in [0.2, 0.25) is 5.91 Å². The van der Waals surface area contributed by atoms with E-state index in [9.17, 15) is 9.18 Å². The van der Waals surface area contributed by atoms with Crippen molar-refractivity contribution in [3.05, 3.63) is 40.7 Å². The van der Waals surface area contributed by atoms with Crippen LogP contribution in [-0.2, 0) is 11.3 Å². The lowest BCUT2D eigenvalue weighted by Gasteiger charge is -2.12. The monoisotopic (exact) mass is 405 g/mol. The Hall–Kier alpha value is -2.26. The van der Waals surface area contributed by atoms with E-state index in [0.29, 0.717) is 28.2 Å². The summed E-state index contributed by atoms with van der Waals surface area (Å²) in [5.41, 5.74) is 1.31. The van der Waals surface area contributed by atoms with Gasteiger partial charge in [0, 0.05) is 11.4 Å². The summed E-state index contributed by atoms with van der Waals surface area (Å²) in [5.74, 6) is -0.0554. The number of anilines is 1. The van der Waals surface area contributed by atoms with Gasteiger partial charge in [0.1, 0.15) is 5.82 Å². The summed E-state index contributed by atoms with van der Waals surface area (Å²) in [7, 11) is 0. The van der Waals surface area contributed by atoms with Crippen molar-refractivity contribution >= 4 is 34.1 Å². The topological polar surface area (TPSA) is 72.7 Å². The number of aryl methyl sites for hydroxylation is 2. The van der Waals surface area contributed by atoms with E-state index in [-0.39, 0.29) is 11.7 Å². The van der Waals surface area contributed by atoms with E-state index in [1.165, 1.54) is 29.2 Å². The minimum atomic E-state index is -0.405. The van der Waals surface area contributed by atoms with Crippen LogP contribution in [0.4, 0.5) is 9.52 Å². The predicted molar refractivity (Wildman–Crippen MR) is 107 cm³/mol. The highest BCUT2D eigenvalue weighted by Gasteiger charge is 2.22. The van der Waals surface area contributed by atoms with E-state index in [1.54, 1.807) is 25.1 Å². The van der Waals surface area contributed by atoms with Crippen molar-refractivity contribution < 1.29 is 9.18 Å². The molecule has 27 heavy (non-hydrogen) atoms. The SMILES string of the molecule is CCn1c(S[C@@H](C)C(=O)Nc2nc(C)c(C)s2)nnc1-c1ccccc1F. The number of carbonyl (C=O) groups is 1. The average Bonchev–Trinajstić information content (AvgIpc) is 3.17. The zero-order valence-corrected chi connectivity index (χ0v) is 17.1. The summed E-state index contributed by atoms with van der Waals surface area (Å²) in [6.45, 7) is 8.18. The molecular weight excluding hydrogens is 385 g/mol. The maximum Gasteiger partial charge on any atom is 0.239 e. The standard InChI is InChI=1S/C18H20FN5OS2/c1-5-24-15(13-8-6-7-9-14(13)19)22-23-18(24)27-12(4)16(25)21-17-20-10(2)11(3)26-17/h6-9,12H,5H2,1-4H3,(H,20,21,25)/t12-/m0/s1. The van der Waals surface area contributed by atoms with Gasteiger partial charge in [-0.05, 0) is 39.8 Å². The summed E-state index contributed by atoms with van der Waals surface area (Å²) in [6, 6.07) is 6.46. The molecule has 142 valence electrons. The number of nitrogens with zero attached hydrogens (tertiary/aromatic N) is 4. The zero-order valence-electron chi connectivity index (χ0n) is 15.5. The molecule has 6 nitrogen and oxygen atoms in total. The van der Waals surface area contributed by atoms with E-state index < -0.39 is 5.25 Å². The predicted octanol–water partition coefficient (Wildman–Crippen LogP) is 4.30. The number of amides is 1. The molecule has 0 bridgehead atoms. The fourth-order valence-corrected chi connectivity index (χ4v) is 4.18. The molecule has 1 aromatic carbocycles. The fourth-order valence-electron chi connectivity index (χ4n) is 2.45. The largest absolute Gasteiger partial charge is 0.302 e. The van der Waals surface area contributed by atoms with Gasteiger partial charge >= 0.3 is 0 Å². The van der Waals surface area contributed by atoms with Crippen molar-refractivity contribution in [1.29, 1.82) is 0 Å². The van der Waals surface area contributed by atoms with Gasteiger partial charge in [-0.2, -0.15) is 0 Å². The number of aromatic nitrogens is 4. The number of nitrogens with one attached hydrogen (secondary N) is 1. The number of thiazole rings is 1. The normalized spacial score (nSPS) is 12.2. The fraction of sp³-hybridized carbons (Fsp3) is 0.333. The number of halogens is 1. The Kier molecular flexibility index (Phi) is 5.91. The third-order valence-electron chi connectivity index (χ3n) is 4.06. The quantitative estimate of drug-likeness (QED) is 0.619. The molecular formula is C18H20FN5OS2. The number of benzene rings is 1. The highest BCUT2D eigenvalue weighted by atomic mass is 32.2. The van der Waals surface area contributed by atoms with Crippen LogP contribution in [0.5, 0.6) is 0 Å². The molecule has 1 amide bonds. The molecule has 0 saturated carbocycles. The minimum absolute atomic E-state index is 0.160. The lowest BCUT2D eigenvalue weighted by molar-refractivity contribution is -0.115. The van der Waals surface area contributed by atoms with Gasteiger partial charge in [0.05, 0.1) is 16.5 Å². The molecule has 3 rings (SSSR count). The molecule has 0 saturated heterocycles. The Bertz CT molecular complexity index is 949. The van der Waals surface area contributed by atoms with Gasteiger partial charge in [0.15, 0.2) is 16.1 Å². The lowest BCUT2D eigenvalue weighted by atomic mass is 10.2. The number of hydrogen-bond donors (Lipinski definition) is 1. The highest BCUT2D eigenvalue weighted by molar-refractivity contribution is 8.00. The van der Waals surface area contributed by atoms with Gasteiger partial charge in [-0.3, -0.25) is 4.79 Å². The second-order valence-electron chi connectivity index (χ2n) is 5.94. The highest BCUT2D eigenvalue weighted by Crippen LogP contribution is 2.29. The van der Waals surface area contributed by atoms with Crippen molar-refractivity contribution in [2.75, 3.05) is 5.32 Å². The van der Waals surface area contributed by atoms with Crippen molar-refractivity contribution in [1.82, 2.24) is 19.7 Å². The van der Waals surface area contributed by atoms with E-state index in [0.717, 1.165) is 10.6 Å². The molecule has 2 aromatic heterocycles. The van der Waals surface area contributed by atoms with Gasteiger partial charge in [-0.15, -0.1) is 21.5 Å². The average molecular weight is 406 g/mol. The van der Waals surface area contributed by atoms with Gasteiger partial charge in [-0.25, -0.2) is 9.37 Å². The molecule has 1 atom stereocenters. The Morgan fingerprint density at radius 2 is 2.07 bits per heavy atom. The first-order valence-electron chi connectivity index (χ1n) is 8.50. The second-order valence-corrected chi connectivity index (χ2v) is 8.45. The molecule has 3 aromatic rings. The van der Waals surface area contributed by atoms with E-state index in [2.05, 4.69) is 20.5 Å². The van der Waals surface area contributed by atoms with Crippen LogP contribution in [0.15, 0.2) is 29.4 Å². The first-order chi connectivity index (χ1) is 12.9. The van der Waals surface area contributed by atoms with Gasteiger partial charge in [-0.1, -0.05) is 23.9 Å². The number of rotatable bonds is 6. The Morgan fingerprint density at radius 1 is 1.33 bits per heavy atom. The maximum atomic E-state index is 14.1. The Morgan fingerprint density at radius 3 is 2.70 bits per heavy atom. The first kappa shape index (κ1) is 19.5. The van der Waals surface area contributed by atoms with Crippen LogP contribution >= 0.6 is 23.1 Å². The summed E-state index contributed by atoms with van der Waals surface area (Å²) >= 11 is 2.74. The van der Waals surface area contributed by atoms with Crippen LogP contribution in [-0.4, -0.2) is 30.9 Å². The third-order valence-corrected chi connectivity index (χ3v) is 6.13. The van der Waals surface area contributed by atoms with E-state index >= 15 is 0 Å². The van der Waals surface area contributed by atoms with Crippen molar-refractivity contribution in [2.24, 2.45) is 0 Å². The molecule has 1 N–H and O–H groups in total. The molecule has 2 heterocycles. The van der Waals surface area contributed by atoms with Crippen molar-refractivity contribution in [3.63, 3.8) is 0 Å². The number of carbonyl (C=O) groups excluding carboxylic acids is 1. The zero-order chi connectivity index (χ0) is 19.6. The lowest BCUT2D eigenvalue weighted by Crippen LogP contribution is -2.22. The van der Waals surface area contributed by atoms with Gasteiger partial charge in [0.25, 0.3) is 0 Å². The van der Waals surface area contributed by atoms with Crippen LogP contribution in [0, 0.1) is 19.7 Å². The van der Waals surface area contributed by atoms with E-state index in [4.69, 9.17) is 0 Å². The summed E-state index contributed by atoms with van der Waals surface area (Å²) in [5, 5.41) is 11.9. The minimum Gasteiger partial charge on any atom is -0.302 e. The Labute approximate surface area is 165 Å². The van der Waals surface area contributed by atoms with Gasteiger partial charge < -0.3 is 9.88 Å². The smallest absolute Gasteiger partial charge is 0.239 e. The second kappa shape index (κ2) is 8.18. The maximum absolute atomic E-state index is 14.1. The molecule has 0 aliphatic rings. The molecule has 0 aliphatic heterocycles. The van der Waals surface area contributed by atoms with E-state index in [1.807, 2.05) is 25.3 Å². The molecule has 0 spiro atoms. The summed E-state index contributed by atoms with van der Waals surface area (Å²) in [4.78, 5) is 17.9. The van der Waals surface area contributed by atoms with Crippen LogP contribution < -0.4 is 5.32 Å². The van der Waals surface area contributed by atoms with Crippen LogP contribution in [0.2, 0.25) is 0 Å². The van der Waals surface area contributed by atoms with Crippen LogP contribution in [0.3, 0.4) is 0 Å².